The van der Waals surface area contributed by atoms with Crippen LogP contribution in [0.25, 0.3) is 0 Å². The zero-order chi connectivity index (χ0) is 14.5. The van der Waals surface area contributed by atoms with Gasteiger partial charge in [0.05, 0.1) is 0 Å². The summed E-state index contributed by atoms with van der Waals surface area (Å²) in [4.78, 5) is 0. The van der Waals surface area contributed by atoms with Crippen LogP contribution in [0.3, 0.4) is 0 Å². The van der Waals surface area contributed by atoms with Crippen molar-refractivity contribution < 1.29 is 0 Å². The Balaban J connectivity index is 2.29. The number of benzene rings is 3. The van der Waals surface area contributed by atoms with Gasteiger partial charge in [0.1, 0.15) is 4.75 Å². The van der Waals surface area contributed by atoms with Crippen LogP contribution in [0.15, 0.2) is 91.0 Å². The highest BCUT2D eigenvalue weighted by Gasteiger charge is 2.36. The Morgan fingerprint density at radius 2 is 0.810 bits per heavy atom. The van der Waals surface area contributed by atoms with E-state index in [0.29, 0.717) is 0 Å². The summed E-state index contributed by atoms with van der Waals surface area (Å²) in [5.74, 6) is 0. The van der Waals surface area contributed by atoms with Crippen molar-refractivity contribution in [2.24, 2.45) is 0 Å². The Kier molecular flexibility index (Phi) is 4.09. The highest BCUT2D eigenvalue weighted by Crippen LogP contribution is 2.46. The molecule has 0 fully saturated rings. The molecule has 3 aromatic rings. The van der Waals surface area contributed by atoms with Gasteiger partial charge in [-0.25, -0.2) is 0 Å². The van der Waals surface area contributed by atoms with Crippen molar-refractivity contribution >= 4 is 11.9 Å². The van der Waals surface area contributed by atoms with Gasteiger partial charge in [-0.15, -0.1) is 0 Å². The molecule has 0 atom stereocenters. The zero-order valence-corrected chi connectivity index (χ0v) is 12.4. The molecule has 103 valence electrons. The molecule has 0 aliphatic heterocycles. The second-order valence-corrected chi connectivity index (χ2v) is 5.70. The van der Waals surface area contributed by atoms with Gasteiger partial charge < -0.3 is 0 Å². The molecule has 1 radical (unpaired) electrons. The first kappa shape index (κ1) is 13.9. The smallest absolute Gasteiger partial charge is 0.106 e. The Morgan fingerprint density at radius 3 is 1.05 bits per heavy atom. The molecule has 0 amide bonds. The molecule has 0 aromatic heterocycles. The SMILES string of the molecule is [NH]SC(c1ccccc1)(c1ccccc1)c1ccccc1. The normalized spacial score (nSPS) is 11.3. The zero-order valence-electron chi connectivity index (χ0n) is 11.6. The minimum atomic E-state index is -0.496. The summed E-state index contributed by atoms with van der Waals surface area (Å²) >= 11 is 1.13. The highest BCUT2D eigenvalue weighted by molar-refractivity contribution is 7.98. The molecule has 0 spiro atoms. The fourth-order valence-corrected chi connectivity index (χ4v) is 3.46. The molecule has 0 heterocycles. The lowest BCUT2D eigenvalue weighted by molar-refractivity contribution is 0.895. The van der Waals surface area contributed by atoms with Crippen molar-refractivity contribution in [3.8, 4) is 0 Å². The van der Waals surface area contributed by atoms with Crippen LogP contribution in [0.4, 0.5) is 0 Å². The molecule has 0 aliphatic carbocycles. The molecule has 1 nitrogen and oxygen atoms in total. The van der Waals surface area contributed by atoms with Gasteiger partial charge in [-0.3, -0.25) is 0 Å². The summed E-state index contributed by atoms with van der Waals surface area (Å²) in [6, 6.07) is 30.8. The lowest BCUT2D eigenvalue weighted by Gasteiger charge is -2.33. The average Bonchev–Trinajstić information content (AvgIpc) is 2.59. The van der Waals surface area contributed by atoms with E-state index in [9.17, 15) is 0 Å². The molecule has 21 heavy (non-hydrogen) atoms. The molecule has 0 aliphatic rings. The second-order valence-electron chi connectivity index (χ2n) is 4.88. The van der Waals surface area contributed by atoms with Crippen LogP contribution in [0, 0.1) is 0 Å². The summed E-state index contributed by atoms with van der Waals surface area (Å²) in [5.41, 5.74) is 3.38. The first-order chi connectivity index (χ1) is 10.4. The van der Waals surface area contributed by atoms with E-state index in [4.69, 9.17) is 5.14 Å². The average molecular weight is 290 g/mol. The summed E-state index contributed by atoms with van der Waals surface area (Å²) in [6.45, 7) is 0. The first-order valence-electron chi connectivity index (χ1n) is 6.89. The molecule has 0 saturated heterocycles. The Bertz CT molecular complexity index is 584. The van der Waals surface area contributed by atoms with Crippen LogP contribution in [0.1, 0.15) is 16.7 Å². The topological polar surface area (TPSA) is 23.8 Å². The van der Waals surface area contributed by atoms with E-state index in [-0.39, 0.29) is 0 Å². The van der Waals surface area contributed by atoms with Gasteiger partial charge in [-0.2, -0.15) is 5.14 Å². The van der Waals surface area contributed by atoms with E-state index >= 15 is 0 Å². The first-order valence-corrected chi connectivity index (χ1v) is 7.71. The minimum Gasteiger partial charge on any atom is -0.190 e. The van der Waals surface area contributed by atoms with Gasteiger partial charge in [0.15, 0.2) is 0 Å². The van der Waals surface area contributed by atoms with Crippen molar-refractivity contribution in [2.75, 3.05) is 0 Å². The Labute approximate surface area is 130 Å². The third-order valence-corrected chi connectivity index (χ3v) is 4.71. The number of nitrogens with one attached hydrogen (secondary N) is 1. The predicted octanol–water partition coefficient (Wildman–Crippen LogP) is 4.91. The minimum absolute atomic E-state index is 0.496. The maximum atomic E-state index is 8.24. The molecular formula is C19H16NS. The third-order valence-electron chi connectivity index (χ3n) is 3.69. The van der Waals surface area contributed by atoms with Crippen LogP contribution in [0.5, 0.6) is 0 Å². The van der Waals surface area contributed by atoms with Gasteiger partial charge in [-0.05, 0) is 28.6 Å². The van der Waals surface area contributed by atoms with Crippen LogP contribution < -0.4 is 5.14 Å². The van der Waals surface area contributed by atoms with Gasteiger partial charge in [0.25, 0.3) is 0 Å². The van der Waals surface area contributed by atoms with Crippen molar-refractivity contribution in [1.29, 1.82) is 0 Å². The molecular weight excluding hydrogens is 274 g/mol. The van der Waals surface area contributed by atoms with Gasteiger partial charge >= 0.3 is 0 Å². The lowest BCUT2D eigenvalue weighted by atomic mass is 9.84. The molecule has 2 heteroatoms. The van der Waals surface area contributed by atoms with Gasteiger partial charge in [0.2, 0.25) is 0 Å². The number of rotatable bonds is 4. The van der Waals surface area contributed by atoms with Gasteiger partial charge in [-0.1, -0.05) is 91.0 Å². The second kappa shape index (κ2) is 6.17. The van der Waals surface area contributed by atoms with E-state index in [1.54, 1.807) is 0 Å². The Morgan fingerprint density at radius 1 is 0.524 bits per heavy atom. The van der Waals surface area contributed by atoms with Crippen LogP contribution in [-0.4, -0.2) is 0 Å². The van der Waals surface area contributed by atoms with E-state index < -0.39 is 4.75 Å². The fourth-order valence-electron chi connectivity index (χ4n) is 2.70. The predicted molar refractivity (Wildman–Crippen MR) is 89.9 cm³/mol. The third kappa shape index (κ3) is 2.48. The van der Waals surface area contributed by atoms with Crippen molar-refractivity contribution in [3.63, 3.8) is 0 Å². The maximum Gasteiger partial charge on any atom is 0.106 e. The lowest BCUT2D eigenvalue weighted by Crippen LogP contribution is -2.25. The fraction of sp³-hybridized carbons (Fsp3) is 0.0526. The van der Waals surface area contributed by atoms with E-state index in [1.165, 1.54) is 0 Å². The van der Waals surface area contributed by atoms with Crippen LogP contribution >= 0.6 is 11.9 Å². The number of hydrogen-bond donors (Lipinski definition) is 0. The van der Waals surface area contributed by atoms with Crippen molar-refractivity contribution in [2.45, 2.75) is 4.75 Å². The molecule has 3 rings (SSSR count). The van der Waals surface area contributed by atoms with Crippen molar-refractivity contribution in [1.82, 2.24) is 5.14 Å². The summed E-state index contributed by atoms with van der Waals surface area (Å²) < 4.78 is -0.496. The maximum absolute atomic E-state index is 8.24. The largest absolute Gasteiger partial charge is 0.190 e. The Hall–Kier alpha value is -2.03. The summed E-state index contributed by atoms with van der Waals surface area (Å²) in [6.07, 6.45) is 0. The molecule has 0 bridgehead atoms. The number of hydrogen-bond acceptors (Lipinski definition) is 1. The van der Waals surface area contributed by atoms with Crippen molar-refractivity contribution in [3.05, 3.63) is 108 Å². The van der Waals surface area contributed by atoms with E-state index in [2.05, 4.69) is 36.4 Å². The van der Waals surface area contributed by atoms with Crippen LogP contribution in [0.2, 0.25) is 0 Å². The molecule has 1 N–H and O–H groups in total. The van der Waals surface area contributed by atoms with Crippen LogP contribution in [-0.2, 0) is 4.75 Å². The monoisotopic (exact) mass is 290 g/mol. The standard InChI is InChI=1S/C19H16NS/c20-21-19(16-10-4-1-5-11-16,17-12-6-2-7-13-17)18-14-8-3-9-15-18/h1-15,20H. The van der Waals surface area contributed by atoms with E-state index in [0.717, 1.165) is 28.6 Å². The molecule has 3 aromatic carbocycles. The summed E-state index contributed by atoms with van der Waals surface area (Å²) in [5, 5.41) is 8.24. The molecule has 0 unspecified atom stereocenters. The molecule has 0 saturated carbocycles. The summed E-state index contributed by atoms with van der Waals surface area (Å²) in [7, 11) is 0. The quantitative estimate of drug-likeness (QED) is 0.495. The van der Waals surface area contributed by atoms with Gasteiger partial charge in [0, 0.05) is 0 Å². The highest BCUT2D eigenvalue weighted by atomic mass is 32.2. The van der Waals surface area contributed by atoms with E-state index in [1.807, 2.05) is 54.6 Å².